The number of fused-ring (bicyclic) bond motifs is 1. The number of carbonyl (C=O) groups excluding carboxylic acids is 2. The first-order chi connectivity index (χ1) is 13.4. The van der Waals surface area contributed by atoms with Crippen LogP contribution in [0.4, 0.5) is 5.00 Å². The molecule has 0 atom stereocenters. The van der Waals surface area contributed by atoms with E-state index in [1.807, 2.05) is 7.05 Å². The number of hydrogen-bond acceptors (Lipinski definition) is 6. The summed E-state index contributed by atoms with van der Waals surface area (Å²) < 4.78 is 10.7. The molecular weight excluding hydrogens is 423 g/mol. The number of likely N-dealkylation sites (N-methyl/N-ethyl adjacent to an activating group) is 1. The normalized spacial score (nSPS) is 13.7. The fourth-order valence-corrected chi connectivity index (χ4v) is 4.73. The summed E-state index contributed by atoms with van der Waals surface area (Å²) in [5, 5.41) is 4.09. The van der Waals surface area contributed by atoms with Crippen molar-refractivity contribution in [1.82, 2.24) is 4.90 Å². The van der Waals surface area contributed by atoms with Crippen LogP contribution < -0.4 is 10.1 Å². The molecule has 1 aromatic carbocycles. The highest BCUT2D eigenvalue weighted by Crippen LogP contribution is 2.37. The number of amides is 1. The van der Waals surface area contributed by atoms with E-state index in [0.717, 1.165) is 30.0 Å². The summed E-state index contributed by atoms with van der Waals surface area (Å²) in [6.07, 6.45) is 0.739. The molecule has 1 N–H and O–H groups in total. The van der Waals surface area contributed by atoms with Gasteiger partial charge in [-0.1, -0.05) is 23.2 Å². The van der Waals surface area contributed by atoms with Gasteiger partial charge in [-0.05, 0) is 44.2 Å². The van der Waals surface area contributed by atoms with Crippen LogP contribution in [0.1, 0.15) is 27.7 Å². The maximum Gasteiger partial charge on any atom is 0.341 e. The van der Waals surface area contributed by atoms with E-state index in [2.05, 4.69) is 10.2 Å². The van der Waals surface area contributed by atoms with Crippen LogP contribution in [0.15, 0.2) is 18.2 Å². The third-order valence-corrected chi connectivity index (χ3v) is 5.90. The Kier molecular flexibility index (Phi) is 6.82. The van der Waals surface area contributed by atoms with Crippen LogP contribution in [0.2, 0.25) is 10.0 Å². The van der Waals surface area contributed by atoms with E-state index in [-0.39, 0.29) is 19.1 Å². The van der Waals surface area contributed by atoms with E-state index in [0.29, 0.717) is 26.4 Å². The Morgan fingerprint density at radius 1 is 1.32 bits per heavy atom. The molecule has 1 aliphatic rings. The minimum absolute atomic E-state index is 0.244. The predicted octanol–water partition coefficient (Wildman–Crippen LogP) is 4.24. The van der Waals surface area contributed by atoms with Gasteiger partial charge in [-0.15, -0.1) is 11.3 Å². The fourth-order valence-electron chi connectivity index (χ4n) is 2.94. The van der Waals surface area contributed by atoms with E-state index in [4.69, 9.17) is 32.7 Å². The Morgan fingerprint density at radius 3 is 2.82 bits per heavy atom. The van der Waals surface area contributed by atoms with Gasteiger partial charge in [-0.3, -0.25) is 4.79 Å². The number of nitrogens with one attached hydrogen (secondary N) is 1. The molecule has 0 unspecified atom stereocenters. The molecule has 150 valence electrons. The van der Waals surface area contributed by atoms with Crippen molar-refractivity contribution in [2.45, 2.75) is 19.9 Å². The van der Waals surface area contributed by atoms with E-state index in [1.165, 1.54) is 11.3 Å². The molecule has 0 fully saturated rings. The largest absolute Gasteiger partial charge is 0.482 e. The third-order valence-electron chi connectivity index (χ3n) is 4.23. The molecular formula is C19H20Cl2N2O4S. The Hall–Kier alpha value is -1.80. The lowest BCUT2D eigenvalue weighted by molar-refractivity contribution is -0.118. The lowest BCUT2D eigenvalue weighted by atomic mass is 10.0. The van der Waals surface area contributed by atoms with Crippen LogP contribution in [0.25, 0.3) is 0 Å². The summed E-state index contributed by atoms with van der Waals surface area (Å²) in [5.74, 6) is -0.441. The zero-order valence-corrected chi connectivity index (χ0v) is 17.8. The topological polar surface area (TPSA) is 67.9 Å². The first kappa shape index (κ1) is 20.9. The first-order valence-electron chi connectivity index (χ1n) is 8.77. The second-order valence-corrected chi connectivity index (χ2v) is 8.28. The Morgan fingerprint density at radius 2 is 2.11 bits per heavy atom. The zero-order chi connectivity index (χ0) is 20.3. The quantitative estimate of drug-likeness (QED) is 0.677. The highest BCUT2D eigenvalue weighted by atomic mass is 35.5. The molecule has 0 bridgehead atoms. The fraction of sp³-hybridized carbons (Fsp3) is 0.368. The van der Waals surface area contributed by atoms with Crippen molar-refractivity contribution in [1.29, 1.82) is 0 Å². The van der Waals surface area contributed by atoms with Crippen molar-refractivity contribution >= 4 is 51.4 Å². The highest BCUT2D eigenvalue weighted by Gasteiger charge is 2.28. The van der Waals surface area contributed by atoms with Gasteiger partial charge in [-0.2, -0.15) is 0 Å². The van der Waals surface area contributed by atoms with E-state index < -0.39 is 5.97 Å². The molecule has 2 heterocycles. The average molecular weight is 443 g/mol. The van der Waals surface area contributed by atoms with E-state index >= 15 is 0 Å². The Bertz CT molecular complexity index is 900. The standard InChI is InChI=1S/C19H20Cl2N2O4S/c1-3-26-19(25)17-12-6-7-23(2)9-15(12)28-18(17)22-16(24)10-27-14-5-4-11(20)8-13(14)21/h4-5,8H,3,6-7,9-10H2,1-2H3,(H,22,24). The van der Waals surface area contributed by atoms with Gasteiger partial charge >= 0.3 is 5.97 Å². The molecule has 1 aromatic heterocycles. The van der Waals surface area contributed by atoms with Crippen molar-refractivity contribution in [2.24, 2.45) is 0 Å². The minimum atomic E-state index is -0.415. The van der Waals surface area contributed by atoms with Gasteiger partial charge in [0, 0.05) is 23.0 Å². The minimum Gasteiger partial charge on any atom is -0.482 e. The lowest BCUT2D eigenvalue weighted by Crippen LogP contribution is -2.26. The molecule has 0 spiro atoms. The lowest BCUT2D eigenvalue weighted by Gasteiger charge is -2.22. The number of carbonyl (C=O) groups is 2. The summed E-state index contributed by atoms with van der Waals surface area (Å²) in [6.45, 7) is 3.37. The van der Waals surface area contributed by atoms with Crippen LogP contribution in [0.3, 0.4) is 0 Å². The molecule has 0 saturated carbocycles. The second-order valence-electron chi connectivity index (χ2n) is 6.33. The van der Waals surface area contributed by atoms with Crippen molar-refractivity contribution in [3.8, 4) is 5.75 Å². The van der Waals surface area contributed by atoms with E-state index in [9.17, 15) is 9.59 Å². The summed E-state index contributed by atoms with van der Waals surface area (Å²) in [5.41, 5.74) is 1.41. The van der Waals surface area contributed by atoms with Crippen molar-refractivity contribution in [2.75, 3.05) is 32.1 Å². The van der Waals surface area contributed by atoms with Crippen molar-refractivity contribution in [3.05, 3.63) is 44.2 Å². The maximum atomic E-state index is 12.5. The Labute approximate surface area is 177 Å². The zero-order valence-electron chi connectivity index (χ0n) is 15.5. The maximum absolute atomic E-state index is 12.5. The van der Waals surface area contributed by atoms with Crippen LogP contribution in [0, 0.1) is 0 Å². The van der Waals surface area contributed by atoms with Crippen LogP contribution >= 0.6 is 34.5 Å². The molecule has 6 nitrogen and oxygen atoms in total. The molecule has 2 aromatic rings. The molecule has 0 aliphatic carbocycles. The first-order valence-corrected chi connectivity index (χ1v) is 10.3. The second kappa shape index (κ2) is 9.13. The molecule has 1 aliphatic heterocycles. The average Bonchev–Trinajstić information content (AvgIpc) is 2.97. The number of hydrogen-bond donors (Lipinski definition) is 1. The number of benzene rings is 1. The molecule has 1 amide bonds. The van der Waals surface area contributed by atoms with Crippen LogP contribution in [0.5, 0.6) is 5.75 Å². The summed E-state index contributed by atoms with van der Waals surface area (Å²) in [6, 6.07) is 4.77. The SMILES string of the molecule is CCOC(=O)c1c(NC(=O)COc2ccc(Cl)cc2Cl)sc2c1CCN(C)C2. The molecule has 9 heteroatoms. The summed E-state index contributed by atoms with van der Waals surface area (Å²) in [4.78, 5) is 28.1. The highest BCUT2D eigenvalue weighted by molar-refractivity contribution is 7.17. The number of esters is 1. The van der Waals surface area contributed by atoms with Gasteiger partial charge in [0.1, 0.15) is 10.8 Å². The summed E-state index contributed by atoms with van der Waals surface area (Å²) >= 11 is 13.3. The molecule has 28 heavy (non-hydrogen) atoms. The molecule has 0 saturated heterocycles. The van der Waals surface area contributed by atoms with Crippen molar-refractivity contribution in [3.63, 3.8) is 0 Å². The van der Waals surface area contributed by atoms with Crippen molar-refractivity contribution < 1.29 is 19.1 Å². The number of thiophene rings is 1. The molecule has 3 rings (SSSR count). The Balaban J connectivity index is 1.75. The molecule has 0 radical (unpaired) electrons. The number of halogens is 2. The van der Waals surface area contributed by atoms with Gasteiger partial charge in [0.2, 0.25) is 0 Å². The van der Waals surface area contributed by atoms with Gasteiger partial charge in [0.05, 0.1) is 17.2 Å². The van der Waals surface area contributed by atoms with Gasteiger partial charge in [-0.25, -0.2) is 4.79 Å². The van der Waals surface area contributed by atoms with Gasteiger partial charge < -0.3 is 19.7 Å². The number of rotatable bonds is 6. The smallest absolute Gasteiger partial charge is 0.341 e. The van der Waals surface area contributed by atoms with Gasteiger partial charge in [0.25, 0.3) is 5.91 Å². The number of ether oxygens (including phenoxy) is 2. The number of anilines is 1. The van der Waals surface area contributed by atoms with Gasteiger partial charge in [0.15, 0.2) is 6.61 Å². The van der Waals surface area contributed by atoms with Crippen LogP contribution in [-0.4, -0.2) is 43.6 Å². The summed E-state index contributed by atoms with van der Waals surface area (Å²) in [7, 11) is 2.02. The van der Waals surface area contributed by atoms with Crippen LogP contribution in [-0.2, 0) is 22.5 Å². The monoisotopic (exact) mass is 442 g/mol. The predicted molar refractivity (Wildman–Crippen MR) is 111 cm³/mol. The third kappa shape index (κ3) is 4.78. The number of nitrogens with zero attached hydrogens (tertiary/aromatic N) is 1. The van der Waals surface area contributed by atoms with E-state index in [1.54, 1.807) is 25.1 Å².